The molecule has 1 aromatic heterocycles. The summed E-state index contributed by atoms with van der Waals surface area (Å²) in [5.41, 5.74) is 1.19. The molecule has 4 heteroatoms. The van der Waals surface area contributed by atoms with Crippen LogP contribution in [0.25, 0.3) is 10.8 Å². The Hall–Kier alpha value is -1.23. The molecule has 1 heterocycles. The molecule has 18 heavy (non-hydrogen) atoms. The van der Waals surface area contributed by atoms with E-state index in [1.165, 1.54) is 16.5 Å². The van der Waals surface area contributed by atoms with Crippen LogP contribution in [0.3, 0.4) is 0 Å². The highest BCUT2D eigenvalue weighted by Crippen LogP contribution is 2.22. The van der Waals surface area contributed by atoms with E-state index in [0.717, 1.165) is 0 Å². The van der Waals surface area contributed by atoms with E-state index in [2.05, 4.69) is 58.0 Å². The zero-order chi connectivity index (χ0) is 13.4. The summed E-state index contributed by atoms with van der Waals surface area (Å²) < 4.78 is 9.22. The lowest BCUT2D eigenvalue weighted by Gasteiger charge is -2.07. The van der Waals surface area contributed by atoms with Crippen LogP contribution in [0.4, 0.5) is 0 Å². The molecule has 0 aliphatic rings. The van der Waals surface area contributed by atoms with Gasteiger partial charge in [-0.05, 0) is 17.4 Å². The normalized spacial score (nSPS) is 10.3. The zero-order valence-electron chi connectivity index (χ0n) is 11.5. The smallest absolute Gasteiger partial charge is 0.303 e. The predicted molar refractivity (Wildman–Crippen MR) is 78.4 cm³/mol. The second-order valence-corrected chi connectivity index (χ2v) is 5.66. The molecule has 3 nitrogen and oxygen atoms in total. The van der Waals surface area contributed by atoms with Crippen LogP contribution >= 0.6 is 0 Å². The molecule has 0 saturated carbocycles. The van der Waals surface area contributed by atoms with E-state index in [-0.39, 0.29) is 0 Å². The fraction of sp³-hybridized carbons (Fsp3) is 0.357. The zero-order valence-corrected chi connectivity index (χ0v) is 12.9. The van der Waals surface area contributed by atoms with Crippen LogP contribution < -0.4 is 0 Å². The van der Waals surface area contributed by atoms with Gasteiger partial charge in [-0.3, -0.25) is 4.98 Å². The van der Waals surface area contributed by atoms with Crippen LogP contribution in [0.1, 0.15) is 25.5 Å². The van der Waals surface area contributed by atoms with Gasteiger partial charge in [-0.2, -0.15) is 0 Å². The minimum atomic E-state index is -0.568. The molecule has 0 radical (unpaired) electrons. The second kappa shape index (κ2) is 7.97. The summed E-state index contributed by atoms with van der Waals surface area (Å²) in [5.74, 6) is 0.492. The molecule has 1 aromatic carbocycles. The number of nitrogens with zero attached hydrogens (tertiary/aromatic N) is 1. The van der Waals surface area contributed by atoms with Crippen molar-refractivity contribution in [3.63, 3.8) is 0 Å². The highest BCUT2D eigenvalue weighted by atomic mass is 28.3. The molecule has 0 spiro atoms. The first-order chi connectivity index (χ1) is 8.70. The van der Waals surface area contributed by atoms with Crippen molar-refractivity contribution < 1.29 is 8.85 Å². The molecular formula is C14H21NO2Si. The molecule has 2 rings (SSSR count). The van der Waals surface area contributed by atoms with Gasteiger partial charge in [0, 0.05) is 25.8 Å². The highest BCUT2D eigenvalue weighted by Gasteiger charge is 2.04. The van der Waals surface area contributed by atoms with Gasteiger partial charge in [0.25, 0.3) is 0 Å². The van der Waals surface area contributed by atoms with Gasteiger partial charge in [0.15, 0.2) is 0 Å². The fourth-order valence-electron chi connectivity index (χ4n) is 1.72. The Morgan fingerprint density at radius 2 is 1.72 bits per heavy atom. The van der Waals surface area contributed by atoms with E-state index in [0.29, 0.717) is 5.92 Å². The van der Waals surface area contributed by atoms with Crippen LogP contribution in [0.5, 0.6) is 0 Å². The van der Waals surface area contributed by atoms with E-state index in [9.17, 15) is 0 Å². The quantitative estimate of drug-likeness (QED) is 0.798. The Labute approximate surface area is 111 Å². The van der Waals surface area contributed by atoms with E-state index in [1.54, 1.807) is 14.2 Å². The maximum absolute atomic E-state index is 4.61. The Kier molecular flexibility index (Phi) is 6.57. The second-order valence-electron chi connectivity index (χ2n) is 4.27. The number of fused-ring (bicyclic) bond motifs is 1. The van der Waals surface area contributed by atoms with Crippen molar-refractivity contribution in [1.29, 1.82) is 0 Å². The van der Waals surface area contributed by atoms with Crippen molar-refractivity contribution in [3.05, 3.63) is 42.2 Å². The molecule has 0 fully saturated rings. The summed E-state index contributed by atoms with van der Waals surface area (Å²) >= 11 is 0. The molecule has 0 unspecified atom stereocenters. The van der Waals surface area contributed by atoms with Gasteiger partial charge in [0.1, 0.15) is 0 Å². The molecule has 0 amide bonds. The minimum Gasteiger partial charge on any atom is -0.402 e. The Morgan fingerprint density at radius 1 is 1.06 bits per heavy atom. The van der Waals surface area contributed by atoms with Gasteiger partial charge >= 0.3 is 10.0 Å². The van der Waals surface area contributed by atoms with Crippen LogP contribution in [0.2, 0.25) is 0 Å². The Balaban J connectivity index is 0.000000280. The third kappa shape index (κ3) is 4.22. The molecular weight excluding hydrogens is 242 g/mol. The molecule has 0 N–H and O–H groups in total. The van der Waals surface area contributed by atoms with Gasteiger partial charge in [0.2, 0.25) is 0 Å². The van der Waals surface area contributed by atoms with E-state index in [4.69, 9.17) is 0 Å². The van der Waals surface area contributed by atoms with Gasteiger partial charge in [-0.15, -0.1) is 0 Å². The standard InChI is InChI=1S/C12H13N.C2H8O2Si/c1-9(2)12-11-6-4-3-5-10(11)7-8-13-12;1-3-5-4-2/h3-9H,1-2H3;5H2,1-2H3. The van der Waals surface area contributed by atoms with Gasteiger partial charge in [-0.25, -0.2) is 0 Å². The maximum atomic E-state index is 4.61. The first kappa shape index (κ1) is 14.8. The largest absolute Gasteiger partial charge is 0.402 e. The van der Waals surface area contributed by atoms with Crippen LogP contribution in [0, 0.1) is 0 Å². The molecule has 98 valence electrons. The molecule has 0 aliphatic carbocycles. The van der Waals surface area contributed by atoms with Gasteiger partial charge in [-0.1, -0.05) is 38.1 Å². The maximum Gasteiger partial charge on any atom is 0.303 e. The number of benzene rings is 1. The summed E-state index contributed by atoms with van der Waals surface area (Å²) in [7, 11) is 2.73. The first-order valence-corrected chi connectivity index (χ1v) is 7.17. The van der Waals surface area contributed by atoms with Crippen molar-refractivity contribution >= 4 is 20.8 Å². The fourth-order valence-corrected chi connectivity index (χ4v) is 1.96. The number of rotatable bonds is 3. The monoisotopic (exact) mass is 263 g/mol. The van der Waals surface area contributed by atoms with Gasteiger partial charge < -0.3 is 8.85 Å². The number of hydrogen-bond donors (Lipinski definition) is 0. The van der Waals surface area contributed by atoms with Crippen LogP contribution in [-0.4, -0.2) is 29.2 Å². The lowest BCUT2D eigenvalue weighted by atomic mass is 10.0. The summed E-state index contributed by atoms with van der Waals surface area (Å²) in [6.45, 7) is 4.35. The van der Waals surface area contributed by atoms with E-state index < -0.39 is 10.0 Å². The summed E-state index contributed by atoms with van der Waals surface area (Å²) in [6.07, 6.45) is 1.89. The average Bonchev–Trinajstić information content (AvgIpc) is 2.39. The lowest BCUT2D eigenvalue weighted by molar-refractivity contribution is 0.309. The topological polar surface area (TPSA) is 31.4 Å². The third-order valence-corrected chi connectivity index (χ3v) is 2.96. The minimum absolute atomic E-state index is 0.492. The Morgan fingerprint density at radius 3 is 2.28 bits per heavy atom. The van der Waals surface area contributed by atoms with Crippen molar-refractivity contribution in [2.24, 2.45) is 0 Å². The van der Waals surface area contributed by atoms with Crippen molar-refractivity contribution in [2.45, 2.75) is 19.8 Å². The Bertz CT molecular complexity index is 467. The van der Waals surface area contributed by atoms with Crippen molar-refractivity contribution in [1.82, 2.24) is 4.98 Å². The summed E-state index contributed by atoms with van der Waals surface area (Å²) in [5, 5.41) is 2.56. The highest BCUT2D eigenvalue weighted by molar-refractivity contribution is 6.17. The van der Waals surface area contributed by atoms with Gasteiger partial charge in [0.05, 0.1) is 5.69 Å². The van der Waals surface area contributed by atoms with Crippen LogP contribution in [0.15, 0.2) is 36.5 Å². The van der Waals surface area contributed by atoms with E-state index >= 15 is 0 Å². The van der Waals surface area contributed by atoms with Crippen molar-refractivity contribution in [2.75, 3.05) is 14.2 Å². The molecule has 0 bridgehead atoms. The van der Waals surface area contributed by atoms with Crippen LogP contribution in [-0.2, 0) is 8.85 Å². The molecule has 0 atom stereocenters. The molecule has 0 saturated heterocycles. The number of aromatic nitrogens is 1. The SMILES string of the molecule is CC(C)c1nccc2ccccc12.CO[SiH2]OC. The lowest BCUT2D eigenvalue weighted by Crippen LogP contribution is -1.93. The summed E-state index contributed by atoms with van der Waals surface area (Å²) in [6, 6.07) is 10.4. The molecule has 0 aliphatic heterocycles. The first-order valence-electron chi connectivity index (χ1n) is 6.02. The van der Waals surface area contributed by atoms with Crippen molar-refractivity contribution in [3.8, 4) is 0 Å². The summed E-state index contributed by atoms with van der Waals surface area (Å²) in [4.78, 5) is 4.41. The average molecular weight is 263 g/mol. The third-order valence-electron chi connectivity index (χ3n) is 2.49. The predicted octanol–water partition coefficient (Wildman–Crippen LogP) is 2.64. The number of pyridine rings is 1. The molecule has 2 aromatic rings. The number of hydrogen-bond acceptors (Lipinski definition) is 3. The van der Waals surface area contributed by atoms with E-state index in [1.807, 2.05) is 6.20 Å².